The van der Waals surface area contributed by atoms with Gasteiger partial charge in [0, 0.05) is 6.42 Å². The number of allylic oxidation sites excluding steroid dienone is 1. The number of aliphatic hydroxyl groups excluding tert-OH is 8. The maximum atomic E-state index is 13.2. The Labute approximate surface area is 431 Å². The van der Waals surface area contributed by atoms with Gasteiger partial charge in [-0.15, -0.1) is 0 Å². The number of aliphatic hydroxyl groups is 8. The lowest BCUT2D eigenvalue weighted by Gasteiger charge is -2.46. The van der Waals surface area contributed by atoms with Crippen molar-refractivity contribution in [3.05, 3.63) is 12.2 Å². The number of carbonyl (C=O) groups is 1. The molecule has 9 N–H and O–H groups in total. The number of amides is 1. The molecule has 420 valence electrons. The van der Waals surface area contributed by atoms with E-state index < -0.39 is 86.8 Å². The molecule has 2 aliphatic heterocycles. The standard InChI is InChI=1S/C57H109NO13/c1-3-5-7-9-11-13-15-17-19-21-22-23-25-26-28-30-32-34-36-38-40-46(61)45(58-49(62)41-39-37-35-33-31-29-27-24-20-18-16-14-12-10-8-6-4-2)44-68-56-54(67)52(65)55(48(43-60)70-56)71-57-53(66)51(64)50(63)47(42-59)69-57/h38,40,45-48,50-57,59-61,63-67H,3-37,39,41-44H2,1-2H3,(H,58,62)/b40-38+. The fourth-order valence-electron chi connectivity index (χ4n) is 9.94. The van der Waals surface area contributed by atoms with Crippen LogP contribution in [-0.4, -0.2) is 140 Å². The van der Waals surface area contributed by atoms with Crippen LogP contribution in [0.2, 0.25) is 0 Å². The molecule has 0 bridgehead atoms. The van der Waals surface area contributed by atoms with E-state index in [0.717, 1.165) is 38.5 Å². The van der Waals surface area contributed by atoms with E-state index >= 15 is 0 Å². The number of hydrogen-bond donors (Lipinski definition) is 9. The molecular formula is C57H109NO13. The van der Waals surface area contributed by atoms with Crippen LogP contribution in [0, 0.1) is 0 Å². The minimum absolute atomic E-state index is 0.234. The molecule has 71 heavy (non-hydrogen) atoms. The van der Waals surface area contributed by atoms with E-state index in [2.05, 4.69) is 19.2 Å². The summed E-state index contributed by atoms with van der Waals surface area (Å²) in [6, 6.07) is -0.909. The summed E-state index contributed by atoms with van der Waals surface area (Å²) in [6.07, 6.45) is 32.4. The van der Waals surface area contributed by atoms with E-state index in [9.17, 15) is 45.6 Å². The normalized spacial score (nSPS) is 25.8. The first-order chi connectivity index (χ1) is 34.6. The number of hydrogen-bond acceptors (Lipinski definition) is 13. The molecule has 0 aromatic rings. The molecule has 1 amide bonds. The quantitative estimate of drug-likeness (QED) is 0.0205. The number of nitrogens with one attached hydrogen (secondary N) is 1. The Morgan fingerprint density at radius 3 is 1.30 bits per heavy atom. The molecule has 12 unspecified atom stereocenters. The van der Waals surface area contributed by atoms with Gasteiger partial charge in [0.1, 0.15) is 48.8 Å². The van der Waals surface area contributed by atoms with Crippen molar-refractivity contribution in [3.63, 3.8) is 0 Å². The van der Waals surface area contributed by atoms with E-state index in [-0.39, 0.29) is 18.9 Å². The highest BCUT2D eigenvalue weighted by atomic mass is 16.7. The first kappa shape index (κ1) is 65.8. The van der Waals surface area contributed by atoms with Gasteiger partial charge in [0.15, 0.2) is 12.6 Å². The molecule has 0 spiro atoms. The van der Waals surface area contributed by atoms with Crippen molar-refractivity contribution in [2.75, 3.05) is 19.8 Å². The van der Waals surface area contributed by atoms with Gasteiger partial charge in [0.05, 0.1) is 32.0 Å². The molecule has 0 radical (unpaired) electrons. The van der Waals surface area contributed by atoms with E-state index in [4.69, 9.17) is 18.9 Å². The third-order valence-electron chi connectivity index (χ3n) is 14.7. The molecule has 12 atom stereocenters. The molecule has 2 rings (SSSR count). The lowest BCUT2D eigenvalue weighted by atomic mass is 9.97. The molecule has 0 aliphatic carbocycles. The van der Waals surface area contributed by atoms with Crippen molar-refractivity contribution >= 4 is 5.91 Å². The minimum Gasteiger partial charge on any atom is -0.394 e. The Morgan fingerprint density at radius 2 is 0.873 bits per heavy atom. The van der Waals surface area contributed by atoms with E-state index in [1.165, 1.54) is 186 Å². The highest BCUT2D eigenvalue weighted by Gasteiger charge is 2.51. The van der Waals surface area contributed by atoms with E-state index in [1.54, 1.807) is 6.08 Å². The van der Waals surface area contributed by atoms with E-state index in [0.29, 0.717) is 6.42 Å². The second-order valence-corrected chi connectivity index (χ2v) is 21.1. The Hall–Kier alpha value is -1.27. The lowest BCUT2D eigenvalue weighted by molar-refractivity contribution is -0.359. The van der Waals surface area contributed by atoms with Crippen LogP contribution in [0.3, 0.4) is 0 Å². The van der Waals surface area contributed by atoms with Crippen LogP contribution in [0.15, 0.2) is 12.2 Å². The molecule has 14 heteroatoms. The summed E-state index contributed by atoms with van der Waals surface area (Å²) in [5.41, 5.74) is 0. The summed E-state index contributed by atoms with van der Waals surface area (Å²) in [6.45, 7) is 2.83. The number of unbranched alkanes of at least 4 members (excludes halogenated alkanes) is 34. The van der Waals surface area contributed by atoms with Crippen LogP contribution in [0.25, 0.3) is 0 Å². The predicted octanol–water partition coefficient (Wildman–Crippen LogP) is 9.50. The zero-order valence-electron chi connectivity index (χ0n) is 45.0. The van der Waals surface area contributed by atoms with Crippen LogP contribution in [0.4, 0.5) is 0 Å². The summed E-state index contributed by atoms with van der Waals surface area (Å²) in [7, 11) is 0. The average Bonchev–Trinajstić information content (AvgIpc) is 3.37. The fraction of sp³-hybridized carbons (Fsp3) is 0.947. The maximum Gasteiger partial charge on any atom is 0.220 e. The predicted molar refractivity (Wildman–Crippen MR) is 282 cm³/mol. The summed E-state index contributed by atoms with van der Waals surface area (Å²) < 4.78 is 22.8. The fourth-order valence-corrected chi connectivity index (χ4v) is 9.94. The third-order valence-corrected chi connectivity index (χ3v) is 14.7. The van der Waals surface area contributed by atoms with Crippen molar-refractivity contribution in [2.45, 2.75) is 325 Å². The van der Waals surface area contributed by atoms with Crippen molar-refractivity contribution < 1.29 is 64.6 Å². The van der Waals surface area contributed by atoms with Gasteiger partial charge in [0.2, 0.25) is 5.91 Å². The van der Waals surface area contributed by atoms with Crippen LogP contribution in [0.5, 0.6) is 0 Å². The SMILES string of the molecule is CCCCCCCCCCCCCCCCCCCC/C=C/C(O)C(COC1OC(CO)C(OC2OC(CO)C(O)C(O)C2O)C(O)C1O)NC(=O)CCCCCCCCCCCCCCCCCCC. The van der Waals surface area contributed by atoms with Crippen LogP contribution in [0.1, 0.15) is 251 Å². The average molecular weight is 1020 g/mol. The molecular weight excluding hydrogens is 907 g/mol. The summed E-state index contributed by atoms with van der Waals surface area (Å²) >= 11 is 0. The Morgan fingerprint density at radius 1 is 0.493 bits per heavy atom. The summed E-state index contributed by atoms with van der Waals surface area (Å²) in [5.74, 6) is -0.234. The van der Waals surface area contributed by atoms with Crippen LogP contribution < -0.4 is 5.32 Å². The Kier molecular flexibility index (Phi) is 40.7. The molecule has 0 aromatic carbocycles. The van der Waals surface area contributed by atoms with E-state index in [1.807, 2.05) is 6.08 Å². The zero-order valence-corrected chi connectivity index (χ0v) is 45.0. The van der Waals surface area contributed by atoms with Gasteiger partial charge in [-0.3, -0.25) is 4.79 Å². The topological polar surface area (TPSA) is 228 Å². The first-order valence-corrected chi connectivity index (χ1v) is 29.4. The minimum atomic E-state index is -1.78. The molecule has 0 saturated carbocycles. The van der Waals surface area contributed by atoms with Gasteiger partial charge >= 0.3 is 0 Å². The first-order valence-electron chi connectivity index (χ1n) is 29.4. The van der Waals surface area contributed by atoms with Gasteiger partial charge in [0.25, 0.3) is 0 Å². The second kappa shape index (κ2) is 43.9. The molecule has 2 fully saturated rings. The lowest BCUT2D eigenvalue weighted by Crippen LogP contribution is -2.65. The summed E-state index contributed by atoms with van der Waals surface area (Å²) in [5, 5.41) is 87.0. The second-order valence-electron chi connectivity index (χ2n) is 21.1. The van der Waals surface area contributed by atoms with Crippen molar-refractivity contribution in [3.8, 4) is 0 Å². The number of rotatable bonds is 47. The highest BCUT2D eigenvalue weighted by molar-refractivity contribution is 5.76. The maximum absolute atomic E-state index is 13.2. The van der Waals surface area contributed by atoms with Gasteiger partial charge in [-0.1, -0.05) is 238 Å². The zero-order chi connectivity index (χ0) is 51.7. The van der Waals surface area contributed by atoms with Crippen molar-refractivity contribution in [2.24, 2.45) is 0 Å². The molecule has 2 heterocycles. The molecule has 2 saturated heterocycles. The highest BCUT2D eigenvalue weighted by Crippen LogP contribution is 2.30. The Balaban J connectivity index is 1.78. The van der Waals surface area contributed by atoms with Gasteiger partial charge in [-0.25, -0.2) is 0 Å². The largest absolute Gasteiger partial charge is 0.394 e. The van der Waals surface area contributed by atoms with Gasteiger partial charge in [-0.2, -0.15) is 0 Å². The van der Waals surface area contributed by atoms with Crippen LogP contribution in [-0.2, 0) is 23.7 Å². The van der Waals surface area contributed by atoms with Crippen molar-refractivity contribution in [1.29, 1.82) is 0 Å². The van der Waals surface area contributed by atoms with Gasteiger partial charge < -0.3 is 65.1 Å². The molecule has 0 aromatic heterocycles. The molecule has 14 nitrogen and oxygen atoms in total. The van der Waals surface area contributed by atoms with Gasteiger partial charge in [-0.05, 0) is 19.3 Å². The monoisotopic (exact) mass is 1020 g/mol. The Bertz CT molecular complexity index is 1240. The third kappa shape index (κ3) is 30.2. The smallest absolute Gasteiger partial charge is 0.220 e. The summed E-state index contributed by atoms with van der Waals surface area (Å²) in [4.78, 5) is 13.2. The number of ether oxygens (including phenoxy) is 4. The van der Waals surface area contributed by atoms with Crippen LogP contribution >= 0.6 is 0 Å². The molecule has 2 aliphatic rings. The number of carbonyl (C=O) groups excluding carboxylic acids is 1. The van der Waals surface area contributed by atoms with Crippen molar-refractivity contribution in [1.82, 2.24) is 5.32 Å².